The molecule has 0 saturated heterocycles. The number of hydrogen-bond acceptors (Lipinski definition) is 2. The third kappa shape index (κ3) is 4.13. The highest BCUT2D eigenvalue weighted by molar-refractivity contribution is 6.15. The van der Waals surface area contributed by atoms with Crippen molar-refractivity contribution in [2.75, 3.05) is 0 Å². The van der Waals surface area contributed by atoms with Crippen LogP contribution < -0.4 is 0 Å². The molecule has 1 heterocycles. The summed E-state index contributed by atoms with van der Waals surface area (Å²) in [5, 5.41) is 2.20. The van der Waals surface area contributed by atoms with Crippen molar-refractivity contribution in [1.82, 2.24) is 4.57 Å². The van der Waals surface area contributed by atoms with Crippen LogP contribution in [-0.4, -0.2) is 16.1 Å². The quantitative estimate of drug-likeness (QED) is 0.291. The van der Waals surface area contributed by atoms with Gasteiger partial charge in [-0.2, -0.15) is 0 Å². The predicted octanol–water partition coefficient (Wildman–Crippen LogP) is 7.05. The molecule has 3 aromatic carbocycles. The molecule has 168 valence electrons. The fourth-order valence-corrected chi connectivity index (χ4v) is 5.56. The molecule has 0 atom stereocenters. The number of Topliss-reactive ketones (excluding diaryl/α,β-unsaturated/α-hetero) is 1. The van der Waals surface area contributed by atoms with E-state index < -0.39 is 0 Å². The molecule has 0 aliphatic heterocycles. The van der Waals surface area contributed by atoms with E-state index in [-0.39, 0.29) is 5.78 Å². The maximum Gasteiger partial charge on any atom is 0.193 e. The number of aryl methyl sites for hydroxylation is 2. The minimum atomic E-state index is 0.0512. The summed E-state index contributed by atoms with van der Waals surface area (Å²) in [5.41, 5.74) is 5.78. The van der Waals surface area contributed by atoms with Crippen LogP contribution >= 0.6 is 0 Å². The van der Waals surface area contributed by atoms with Crippen LogP contribution in [-0.2, 0) is 17.8 Å². The molecule has 0 radical (unpaired) electrons. The maximum atomic E-state index is 13.2. The molecule has 1 aliphatic rings. The van der Waals surface area contributed by atoms with Gasteiger partial charge in [-0.3, -0.25) is 9.59 Å². The minimum absolute atomic E-state index is 0.0512. The smallest absolute Gasteiger partial charge is 0.193 e. The van der Waals surface area contributed by atoms with Crippen molar-refractivity contribution >= 4 is 33.4 Å². The zero-order chi connectivity index (χ0) is 22.9. The third-order valence-electron chi connectivity index (χ3n) is 7.29. The van der Waals surface area contributed by atoms with Crippen LogP contribution in [0.4, 0.5) is 0 Å². The van der Waals surface area contributed by atoms with Crippen molar-refractivity contribution in [2.24, 2.45) is 5.92 Å². The highest BCUT2D eigenvalue weighted by atomic mass is 16.1. The van der Waals surface area contributed by atoms with Gasteiger partial charge < -0.3 is 4.57 Å². The van der Waals surface area contributed by atoms with Crippen LogP contribution in [0.25, 0.3) is 21.8 Å². The molecule has 0 N–H and O–H groups in total. The molecule has 3 heteroatoms. The van der Waals surface area contributed by atoms with E-state index in [4.69, 9.17) is 0 Å². The van der Waals surface area contributed by atoms with Crippen LogP contribution in [0.5, 0.6) is 0 Å². The molecule has 3 nitrogen and oxygen atoms in total. The Morgan fingerprint density at radius 2 is 1.61 bits per heavy atom. The van der Waals surface area contributed by atoms with E-state index in [1.54, 1.807) is 0 Å². The zero-order valence-corrected chi connectivity index (χ0v) is 19.6. The molecule has 1 saturated carbocycles. The number of carbonyl (C=O) groups is 2. The lowest BCUT2D eigenvalue weighted by Crippen LogP contribution is -2.08. The molecular formula is C30H31NO2. The predicted molar refractivity (Wildman–Crippen MR) is 135 cm³/mol. The Bertz CT molecular complexity index is 1350. The molecule has 5 rings (SSSR count). The lowest BCUT2D eigenvalue weighted by Gasteiger charge is -2.08. The van der Waals surface area contributed by atoms with Gasteiger partial charge in [0.05, 0.1) is 0 Å². The molecule has 4 aromatic rings. The molecule has 0 amide bonds. The van der Waals surface area contributed by atoms with Gasteiger partial charge in [0.2, 0.25) is 0 Å². The van der Waals surface area contributed by atoms with Crippen LogP contribution in [0.1, 0.15) is 66.1 Å². The Labute approximate surface area is 195 Å². The Balaban J connectivity index is 1.53. The van der Waals surface area contributed by atoms with Gasteiger partial charge in [-0.05, 0) is 61.2 Å². The molecule has 1 aromatic heterocycles. The molecule has 33 heavy (non-hydrogen) atoms. The van der Waals surface area contributed by atoms with Gasteiger partial charge in [0.1, 0.15) is 5.78 Å². The zero-order valence-electron chi connectivity index (χ0n) is 19.6. The molecular weight excluding hydrogens is 406 g/mol. The highest BCUT2D eigenvalue weighted by Crippen LogP contribution is 2.32. The standard InChI is InChI=1S/C30H31NO2/c1-3-31-28-14-12-22(17-24(32)16-21-9-5-6-10-21)18-26(28)27-19-23(13-15-29(27)31)30(33)25-11-7-4-8-20(25)2/h4,7-8,11-15,18-19,21H,3,5-6,9-10,16-17H2,1-2H3. The van der Waals surface area contributed by atoms with Crippen molar-refractivity contribution in [1.29, 1.82) is 0 Å². The summed E-state index contributed by atoms with van der Waals surface area (Å²) in [6.07, 6.45) is 6.14. The number of carbonyl (C=O) groups excluding carboxylic acids is 2. The van der Waals surface area contributed by atoms with Crippen LogP contribution in [0, 0.1) is 12.8 Å². The highest BCUT2D eigenvalue weighted by Gasteiger charge is 2.19. The maximum absolute atomic E-state index is 13.2. The minimum Gasteiger partial charge on any atom is -0.341 e. The van der Waals surface area contributed by atoms with E-state index in [1.165, 1.54) is 25.7 Å². The van der Waals surface area contributed by atoms with Crippen molar-refractivity contribution in [2.45, 2.75) is 58.9 Å². The first-order valence-electron chi connectivity index (χ1n) is 12.2. The number of nitrogens with zero attached hydrogens (tertiary/aromatic N) is 1. The van der Waals surface area contributed by atoms with Crippen molar-refractivity contribution in [3.8, 4) is 0 Å². The third-order valence-corrected chi connectivity index (χ3v) is 7.29. The average Bonchev–Trinajstić information content (AvgIpc) is 3.43. The molecule has 0 spiro atoms. The Kier molecular flexibility index (Phi) is 5.88. The molecule has 1 fully saturated rings. The Hall–Kier alpha value is -3.20. The Morgan fingerprint density at radius 1 is 0.909 bits per heavy atom. The number of benzene rings is 3. The molecule has 0 bridgehead atoms. The van der Waals surface area contributed by atoms with Crippen molar-refractivity contribution in [3.05, 3.63) is 82.9 Å². The summed E-state index contributed by atoms with van der Waals surface area (Å²) in [6, 6.07) is 20.2. The van der Waals surface area contributed by atoms with Crippen LogP contribution in [0.15, 0.2) is 60.7 Å². The summed E-state index contributed by atoms with van der Waals surface area (Å²) in [5.74, 6) is 0.976. The van der Waals surface area contributed by atoms with E-state index in [2.05, 4.69) is 35.8 Å². The van der Waals surface area contributed by atoms with Crippen molar-refractivity contribution in [3.63, 3.8) is 0 Å². The van der Waals surface area contributed by atoms with E-state index in [0.29, 0.717) is 30.1 Å². The second-order valence-electron chi connectivity index (χ2n) is 9.54. The SMILES string of the molecule is CCn1c2ccc(CC(=O)CC3CCCC3)cc2c2cc(C(=O)c3ccccc3C)ccc21. The topological polar surface area (TPSA) is 39.1 Å². The van der Waals surface area contributed by atoms with Gasteiger partial charge in [0.25, 0.3) is 0 Å². The van der Waals surface area contributed by atoms with Crippen molar-refractivity contribution < 1.29 is 9.59 Å². The van der Waals surface area contributed by atoms with Crippen LogP contribution in [0.2, 0.25) is 0 Å². The number of aromatic nitrogens is 1. The van der Waals surface area contributed by atoms with Gasteiger partial charge in [-0.15, -0.1) is 0 Å². The first-order valence-corrected chi connectivity index (χ1v) is 12.2. The number of hydrogen-bond donors (Lipinski definition) is 0. The summed E-state index contributed by atoms with van der Waals surface area (Å²) < 4.78 is 2.29. The second kappa shape index (κ2) is 8.97. The van der Waals surface area contributed by atoms with Gasteiger partial charge in [0, 0.05) is 52.3 Å². The summed E-state index contributed by atoms with van der Waals surface area (Å²) in [4.78, 5) is 26.0. The van der Waals surface area contributed by atoms with E-state index >= 15 is 0 Å². The molecule has 1 aliphatic carbocycles. The van der Waals surface area contributed by atoms with Gasteiger partial charge in [-0.1, -0.05) is 56.0 Å². The largest absolute Gasteiger partial charge is 0.341 e. The first-order chi connectivity index (χ1) is 16.0. The first kappa shape index (κ1) is 21.6. The van der Waals surface area contributed by atoms with Crippen LogP contribution in [0.3, 0.4) is 0 Å². The second-order valence-corrected chi connectivity index (χ2v) is 9.54. The monoisotopic (exact) mass is 437 g/mol. The summed E-state index contributed by atoms with van der Waals surface area (Å²) in [6.45, 7) is 4.97. The van der Waals surface area contributed by atoms with Gasteiger partial charge in [0.15, 0.2) is 5.78 Å². The fourth-order valence-electron chi connectivity index (χ4n) is 5.56. The van der Waals surface area contributed by atoms with Gasteiger partial charge >= 0.3 is 0 Å². The number of fused-ring (bicyclic) bond motifs is 3. The fraction of sp³-hybridized carbons (Fsp3) is 0.333. The Morgan fingerprint density at radius 3 is 2.33 bits per heavy atom. The normalized spacial score (nSPS) is 14.4. The summed E-state index contributed by atoms with van der Waals surface area (Å²) >= 11 is 0. The average molecular weight is 438 g/mol. The van der Waals surface area contributed by atoms with E-state index in [9.17, 15) is 9.59 Å². The van der Waals surface area contributed by atoms with Gasteiger partial charge in [-0.25, -0.2) is 0 Å². The summed E-state index contributed by atoms with van der Waals surface area (Å²) in [7, 11) is 0. The van der Waals surface area contributed by atoms with E-state index in [1.807, 2.05) is 43.3 Å². The lowest BCUT2D eigenvalue weighted by molar-refractivity contribution is -0.119. The molecule has 0 unspecified atom stereocenters. The van der Waals surface area contributed by atoms with E-state index in [0.717, 1.165) is 45.0 Å². The lowest BCUT2D eigenvalue weighted by atomic mass is 9.96. The number of ketones is 2. The number of rotatable bonds is 7.